The molecule has 178 valence electrons. The summed E-state index contributed by atoms with van der Waals surface area (Å²) in [6, 6.07) is 19.9. The van der Waals surface area contributed by atoms with Crippen molar-refractivity contribution in [3.8, 4) is 16.9 Å². The van der Waals surface area contributed by atoms with Gasteiger partial charge in [0.05, 0.1) is 25.7 Å². The second kappa shape index (κ2) is 11.8. The van der Waals surface area contributed by atoms with Gasteiger partial charge in [-0.1, -0.05) is 42.5 Å². The van der Waals surface area contributed by atoms with Crippen LogP contribution in [0.3, 0.4) is 0 Å². The number of hydrogen-bond donors (Lipinski definition) is 1. The van der Waals surface area contributed by atoms with Crippen LogP contribution in [0.2, 0.25) is 0 Å². The molecular weight excluding hydrogens is 428 g/mol. The number of aliphatic hydroxyl groups is 1. The van der Waals surface area contributed by atoms with E-state index in [-0.39, 0.29) is 12.0 Å². The van der Waals surface area contributed by atoms with Gasteiger partial charge in [0.15, 0.2) is 0 Å². The molecule has 0 radical (unpaired) electrons. The molecule has 1 amide bonds. The molecule has 1 aliphatic rings. The van der Waals surface area contributed by atoms with Crippen molar-refractivity contribution in [2.75, 3.05) is 26.3 Å². The molecule has 2 aromatic carbocycles. The summed E-state index contributed by atoms with van der Waals surface area (Å²) in [6.45, 7) is 4.44. The van der Waals surface area contributed by atoms with E-state index < -0.39 is 6.10 Å². The summed E-state index contributed by atoms with van der Waals surface area (Å²) < 4.78 is 11.3. The van der Waals surface area contributed by atoms with Gasteiger partial charge in [-0.3, -0.25) is 9.78 Å². The van der Waals surface area contributed by atoms with Crippen LogP contribution >= 0.6 is 0 Å². The molecule has 1 saturated heterocycles. The van der Waals surface area contributed by atoms with Gasteiger partial charge in [0.25, 0.3) is 0 Å². The first-order valence-corrected chi connectivity index (χ1v) is 11.9. The molecule has 1 N–H and O–H groups in total. The molecular formula is C28H32N2O4. The quantitative estimate of drug-likeness (QED) is 0.524. The summed E-state index contributed by atoms with van der Waals surface area (Å²) in [5.41, 5.74) is 4.22. The molecule has 1 aromatic heterocycles. The van der Waals surface area contributed by atoms with Crippen molar-refractivity contribution in [2.45, 2.75) is 38.4 Å². The summed E-state index contributed by atoms with van der Waals surface area (Å²) in [5, 5.41) is 10.5. The topological polar surface area (TPSA) is 71.9 Å². The van der Waals surface area contributed by atoms with Crippen LogP contribution in [-0.4, -0.2) is 59.4 Å². The van der Waals surface area contributed by atoms with Crippen LogP contribution in [0.25, 0.3) is 11.1 Å². The first-order valence-electron chi connectivity index (χ1n) is 11.9. The Morgan fingerprint density at radius 3 is 2.56 bits per heavy atom. The zero-order valence-electron chi connectivity index (χ0n) is 19.6. The Morgan fingerprint density at radius 2 is 1.82 bits per heavy atom. The lowest BCUT2D eigenvalue weighted by Gasteiger charge is -2.27. The van der Waals surface area contributed by atoms with Crippen LogP contribution in [0.4, 0.5) is 0 Å². The predicted octanol–water partition coefficient (Wildman–Crippen LogP) is 3.91. The number of rotatable bonds is 9. The smallest absolute Gasteiger partial charge is 0.227 e. The summed E-state index contributed by atoms with van der Waals surface area (Å²) >= 11 is 0. The zero-order valence-corrected chi connectivity index (χ0v) is 19.6. The molecule has 2 unspecified atom stereocenters. The monoisotopic (exact) mass is 460 g/mol. The molecule has 4 rings (SSSR count). The first-order chi connectivity index (χ1) is 16.6. The second-order valence-corrected chi connectivity index (χ2v) is 8.68. The number of pyridine rings is 1. The number of ether oxygens (including phenoxy) is 2. The Hall–Kier alpha value is -3.22. The molecule has 6 nitrogen and oxygen atoms in total. The summed E-state index contributed by atoms with van der Waals surface area (Å²) in [5.74, 6) is 0.857. The van der Waals surface area contributed by atoms with E-state index in [1.165, 1.54) is 0 Å². The number of aromatic nitrogens is 1. The van der Waals surface area contributed by atoms with Crippen LogP contribution in [0, 0.1) is 0 Å². The third kappa shape index (κ3) is 6.65. The van der Waals surface area contributed by atoms with E-state index >= 15 is 0 Å². The summed E-state index contributed by atoms with van der Waals surface area (Å²) in [7, 11) is 0. The number of morpholine rings is 1. The van der Waals surface area contributed by atoms with Gasteiger partial charge < -0.3 is 19.5 Å². The lowest BCUT2D eigenvalue weighted by molar-refractivity contribution is -0.134. The number of benzene rings is 2. The van der Waals surface area contributed by atoms with Gasteiger partial charge in [-0.25, -0.2) is 0 Å². The minimum atomic E-state index is -0.569. The van der Waals surface area contributed by atoms with Gasteiger partial charge in [-0.05, 0) is 60.2 Å². The third-order valence-corrected chi connectivity index (χ3v) is 6.15. The Bertz CT molecular complexity index is 1050. The highest BCUT2D eigenvalue weighted by Gasteiger charge is 2.18. The van der Waals surface area contributed by atoms with Gasteiger partial charge >= 0.3 is 0 Å². The van der Waals surface area contributed by atoms with E-state index in [2.05, 4.69) is 11.1 Å². The lowest BCUT2D eigenvalue weighted by atomic mass is 10.0. The number of hydrogen-bond acceptors (Lipinski definition) is 5. The number of aryl methyl sites for hydroxylation is 1. The van der Waals surface area contributed by atoms with Crippen LogP contribution in [0.15, 0.2) is 73.1 Å². The minimum Gasteiger partial charge on any atom is -0.488 e. The maximum absolute atomic E-state index is 12.6. The fourth-order valence-electron chi connectivity index (χ4n) is 4.07. The number of nitrogens with zero attached hydrogens (tertiary/aromatic N) is 2. The van der Waals surface area contributed by atoms with E-state index in [0.29, 0.717) is 39.1 Å². The van der Waals surface area contributed by atoms with Crippen LogP contribution in [-0.2, 0) is 22.4 Å². The average Bonchev–Trinajstić information content (AvgIpc) is 2.89. The van der Waals surface area contributed by atoms with Crippen LogP contribution < -0.4 is 4.74 Å². The minimum absolute atomic E-state index is 0.139. The van der Waals surface area contributed by atoms with Crippen molar-refractivity contribution in [3.05, 3.63) is 84.2 Å². The molecule has 34 heavy (non-hydrogen) atoms. The second-order valence-electron chi connectivity index (χ2n) is 8.68. The van der Waals surface area contributed by atoms with Crippen LogP contribution in [0.1, 0.15) is 24.5 Å². The molecule has 2 heterocycles. The van der Waals surface area contributed by atoms with Crippen molar-refractivity contribution in [1.82, 2.24) is 9.88 Å². The first kappa shape index (κ1) is 23.9. The summed E-state index contributed by atoms with van der Waals surface area (Å²) in [4.78, 5) is 18.6. The van der Waals surface area contributed by atoms with Gasteiger partial charge in [-0.15, -0.1) is 0 Å². The fraction of sp³-hybridized carbons (Fsp3) is 0.357. The van der Waals surface area contributed by atoms with E-state index in [1.54, 1.807) is 6.20 Å². The molecule has 3 aromatic rings. The standard InChI is InChI=1S/C28H32N2O4/c1-21(27(31)12-7-22-5-3-13-29-20-22)34-26-10-8-24(9-11-26)25-6-2-4-23(18-25)19-28(32)30-14-16-33-17-15-30/h2-6,8-11,13,18,20-21,27,31H,7,12,14-17,19H2,1H3. The van der Waals surface area contributed by atoms with Gasteiger partial charge in [0.2, 0.25) is 5.91 Å². The van der Waals surface area contributed by atoms with E-state index in [9.17, 15) is 9.90 Å². The highest BCUT2D eigenvalue weighted by atomic mass is 16.5. The Balaban J connectivity index is 1.32. The Morgan fingerprint density at radius 1 is 1.06 bits per heavy atom. The molecule has 0 bridgehead atoms. The highest BCUT2D eigenvalue weighted by molar-refractivity contribution is 5.79. The Kier molecular flexibility index (Phi) is 8.28. The molecule has 1 fully saturated rings. The largest absolute Gasteiger partial charge is 0.488 e. The summed E-state index contributed by atoms with van der Waals surface area (Å²) in [6.07, 6.45) is 4.44. The molecule has 0 spiro atoms. The molecule has 6 heteroatoms. The maximum Gasteiger partial charge on any atom is 0.227 e. The highest BCUT2D eigenvalue weighted by Crippen LogP contribution is 2.25. The normalized spacial score (nSPS) is 15.5. The van der Waals surface area contributed by atoms with E-state index in [0.717, 1.165) is 34.4 Å². The SMILES string of the molecule is CC(Oc1ccc(-c2cccc(CC(=O)N3CCOCC3)c2)cc1)C(O)CCc1cccnc1. The lowest BCUT2D eigenvalue weighted by Crippen LogP contribution is -2.41. The van der Waals surface area contributed by atoms with E-state index in [1.807, 2.05) is 72.6 Å². The number of amides is 1. The van der Waals surface area contributed by atoms with Gasteiger partial charge in [-0.2, -0.15) is 0 Å². The number of carbonyl (C=O) groups excluding carboxylic acids is 1. The molecule has 2 atom stereocenters. The third-order valence-electron chi connectivity index (χ3n) is 6.15. The maximum atomic E-state index is 12.6. The fourth-order valence-corrected chi connectivity index (χ4v) is 4.07. The van der Waals surface area contributed by atoms with Gasteiger partial charge in [0, 0.05) is 25.5 Å². The van der Waals surface area contributed by atoms with Crippen molar-refractivity contribution in [3.63, 3.8) is 0 Å². The van der Waals surface area contributed by atoms with Crippen molar-refractivity contribution in [2.24, 2.45) is 0 Å². The average molecular weight is 461 g/mol. The van der Waals surface area contributed by atoms with Crippen LogP contribution in [0.5, 0.6) is 5.75 Å². The molecule has 0 saturated carbocycles. The Labute approximate surface area is 201 Å². The zero-order chi connectivity index (χ0) is 23.8. The van der Waals surface area contributed by atoms with Crippen molar-refractivity contribution >= 4 is 5.91 Å². The number of carbonyl (C=O) groups is 1. The molecule has 0 aliphatic carbocycles. The van der Waals surface area contributed by atoms with Crippen molar-refractivity contribution in [1.29, 1.82) is 0 Å². The predicted molar refractivity (Wildman–Crippen MR) is 132 cm³/mol. The number of aliphatic hydroxyl groups excluding tert-OH is 1. The van der Waals surface area contributed by atoms with Gasteiger partial charge in [0.1, 0.15) is 11.9 Å². The van der Waals surface area contributed by atoms with E-state index in [4.69, 9.17) is 9.47 Å². The van der Waals surface area contributed by atoms with Crippen molar-refractivity contribution < 1.29 is 19.4 Å². The molecule has 1 aliphatic heterocycles.